The Hall–Kier alpha value is -2.18. The maximum atomic E-state index is 13.3. The second kappa shape index (κ2) is 9.34. The molecule has 0 aliphatic carbocycles. The molecule has 0 aliphatic heterocycles. The molecule has 0 aliphatic rings. The van der Waals surface area contributed by atoms with Gasteiger partial charge in [-0.15, -0.1) is 0 Å². The lowest BCUT2D eigenvalue weighted by Crippen LogP contribution is -2.10. The van der Waals surface area contributed by atoms with Crippen LogP contribution in [0.15, 0.2) is 31.0 Å². The SMILES string of the molecule is C=C(CC)c1cnc(Nc2ccc(F)c(Cl)c2)nc1NCCCOC. The standard InChI is InChI=1S/C18H22ClFN4O/c1-4-12(2)14-11-22-18(24-17(14)21-8-5-9-25-3)23-13-6-7-16(20)15(19)10-13/h6-7,10-11H,2,4-5,8-9H2,1,3H3,(H2,21,22,23,24). The van der Waals surface area contributed by atoms with Crippen LogP contribution in [0.2, 0.25) is 5.02 Å². The Morgan fingerprint density at radius 3 is 2.88 bits per heavy atom. The van der Waals surface area contributed by atoms with Crippen molar-refractivity contribution in [1.29, 1.82) is 0 Å². The molecule has 5 nitrogen and oxygen atoms in total. The quantitative estimate of drug-likeness (QED) is 0.621. The minimum absolute atomic E-state index is 0.0406. The molecule has 0 saturated heterocycles. The summed E-state index contributed by atoms with van der Waals surface area (Å²) in [6, 6.07) is 4.36. The van der Waals surface area contributed by atoms with E-state index in [1.54, 1.807) is 19.4 Å². The summed E-state index contributed by atoms with van der Waals surface area (Å²) >= 11 is 5.80. The number of halogens is 2. The highest BCUT2D eigenvalue weighted by Gasteiger charge is 2.10. The van der Waals surface area contributed by atoms with Crippen LogP contribution in [0.1, 0.15) is 25.3 Å². The summed E-state index contributed by atoms with van der Waals surface area (Å²) in [5.41, 5.74) is 2.44. The molecule has 1 heterocycles. The van der Waals surface area contributed by atoms with Crippen LogP contribution in [0.25, 0.3) is 5.57 Å². The van der Waals surface area contributed by atoms with Gasteiger partial charge in [-0.05, 0) is 36.6 Å². The Balaban J connectivity index is 2.20. The normalized spacial score (nSPS) is 10.6. The number of methoxy groups -OCH3 is 1. The molecular weight excluding hydrogens is 343 g/mol. The Bertz CT molecular complexity index is 739. The molecule has 0 amide bonds. The number of ether oxygens (including phenoxy) is 1. The van der Waals surface area contributed by atoms with E-state index in [1.807, 2.05) is 6.92 Å². The fraction of sp³-hybridized carbons (Fsp3) is 0.333. The Kier molecular flexibility index (Phi) is 7.16. The zero-order valence-electron chi connectivity index (χ0n) is 14.4. The number of rotatable bonds is 9. The molecule has 7 heteroatoms. The summed E-state index contributed by atoms with van der Waals surface area (Å²) in [4.78, 5) is 8.83. The summed E-state index contributed by atoms with van der Waals surface area (Å²) in [6.07, 6.45) is 3.39. The Morgan fingerprint density at radius 2 is 2.20 bits per heavy atom. The number of benzene rings is 1. The van der Waals surface area contributed by atoms with Gasteiger partial charge in [0.1, 0.15) is 11.6 Å². The van der Waals surface area contributed by atoms with Crippen LogP contribution >= 0.6 is 11.6 Å². The molecule has 0 fully saturated rings. The molecule has 2 aromatic rings. The smallest absolute Gasteiger partial charge is 0.229 e. The van der Waals surface area contributed by atoms with Gasteiger partial charge in [0.05, 0.1) is 5.02 Å². The maximum Gasteiger partial charge on any atom is 0.229 e. The third-order valence-corrected chi connectivity index (χ3v) is 3.88. The van der Waals surface area contributed by atoms with Gasteiger partial charge in [0.2, 0.25) is 5.95 Å². The fourth-order valence-electron chi connectivity index (χ4n) is 2.15. The predicted octanol–water partition coefficient (Wildman–Crippen LogP) is 4.88. The zero-order valence-corrected chi connectivity index (χ0v) is 15.2. The van der Waals surface area contributed by atoms with E-state index in [0.29, 0.717) is 24.1 Å². The number of anilines is 3. The number of aromatic nitrogens is 2. The van der Waals surface area contributed by atoms with Gasteiger partial charge in [0, 0.05) is 37.7 Å². The van der Waals surface area contributed by atoms with E-state index in [9.17, 15) is 4.39 Å². The molecule has 2 rings (SSSR count). The molecular formula is C18H22ClFN4O. The minimum atomic E-state index is -0.469. The van der Waals surface area contributed by atoms with Gasteiger partial charge >= 0.3 is 0 Å². The molecule has 2 N–H and O–H groups in total. The lowest BCUT2D eigenvalue weighted by Gasteiger charge is -2.14. The molecule has 0 bridgehead atoms. The second-order valence-electron chi connectivity index (χ2n) is 5.44. The van der Waals surface area contributed by atoms with Crippen LogP contribution < -0.4 is 10.6 Å². The van der Waals surface area contributed by atoms with Crippen molar-refractivity contribution < 1.29 is 9.13 Å². The van der Waals surface area contributed by atoms with Gasteiger partial charge in [-0.2, -0.15) is 4.98 Å². The van der Waals surface area contributed by atoms with E-state index in [1.165, 1.54) is 12.1 Å². The summed E-state index contributed by atoms with van der Waals surface area (Å²) in [5.74, 6) is 0.626. The van der Waals surface area contributed by atoms with Crippen molar-refractivity contribution in [3.05, 3.63) is 47.4 Å². The van der Waals surface area contributed by atoms with E-state index < -0.39 is 5.82 Å². The zero-order chi connectivity index (χ0) is 18.2. The first-order valence-corrected chi connectivity index (χ1v) is 8.43. The molecule has 1 aromatic heterocycles. The average Bonchev–Trinajstić information content (AvgIpc) is 2.61. The topological polar surface area (TPSA) is 59.1 Å². The highest BCUT2D eigenvalue weighted by Crippen LogP contribution is 2.26. The Morgan fingerprint density at radius 1 is 1.40 bits per heavy atom. The number of nitrogens with zero attached hydrogens (tertiary/aromatic N) is 2. The van der Waals surface area contributed by atoms with Crippen LogP contribution in [0.4, 0.5) is 21.8 Å². The van der Waals surface area contributed by atoms with Crippen molar-refractivity contribution in [2.75, 3.05) is 30.9 Å². The highest BCUT2D eigenvalue weighted by molar-refractivity contribution is 6.31. The van der Waals surface area contributed by atoms with Gasteiger partial charge in [-0.25, -0.2) is 9.37 Å². The van der Waals surface area contributed by atoms with Crippen LogP contribution in [0.5, 0.6) is 0 Å². The predicted molar refractivity (Wildman–Crippen MR) is 101 cm³/mol. The molecule has 25 heavy (non-hydrogen) atoms. The van der Waals surface area contributed by atoms with Crippen molar-refractivity contribution >= 4 is 34.6 Å². The van der Waals surface area contributed by atoms with E-state index in [-0.39, 0.29) is 5.02 Å². The molecule has 0 atom stereocenters. The van der Waals surface area contributed by atoms with Crippen molar-refractivity contribution in [2.24, 2.45) is 0 Å². The molecule has 0 radical (unpaired) electrons. The van der Waals surface area contributed by atoms with Gasteiger partial charge in [0.25, 0.3) is 0 Å². The van der Waals surface area contributed by atoms with Gasteiger partial charge < -0.3 is 15.4 Å². The van der Waals surface area contributed by atoms with Crippen LogP contribution in [-0.2, 0) is 4.74 Å². The molecule has 0 unspecified atom stereocenters. The van der Waals surface area contributed by atoms with Crippen molar-refractivity contribution in [3.63, 3.8) is 0 Å². The van der Waals surface area contributed by atoms with E-state index in [2.05, 4.69) is 27.2 Å². The third kappa shape index (κ3) is 5.41. The summed E-state index contributed by atoms with van der Waals surface area (Å²) < 4.78 is 18.3. The van der Waals surface area contributed by atoms with E-state index >= 15 is 0 Å². The number of nitrogens with one attached hydrogen (secondary N) is 2. The Labute approximate surface area is 152 Å². The van der Waals surface area contributed by atoms with Crippen LogP contribution in [-0.4, -0.2) is 30.2 Å². The maximum absolute atomic E-state index is 13.3. The first-order valence-electron chi connectivity index (χ1n) is 8.05. The summed E-state index contributed by atoms with van der Waals surface area (Å²) in [5, 5.41) is 6.36. The van der Waals surface area contributed by atoms with Crippen molar-refractivity contribution in [1.82, 2.24) is 9.97 Å². The fourth-order valence-corrected chi connectivity index (χ4v) is 2.33. The van der Waals surface area contributed by atoms with Gasteiger partial charge in [-0.1, -0.05) is 25.1 Å². The lowest BCUT2D eigenvalue weighted by molar-refractivity contribution is 0.198. The van der Waals surface area contributed by atoms with Crippen molar-refractivity contribution in [2.45, 2.75) is 19.8 Å². The minimum Gasteiger partial charge on any atom is -0.385 e. The lowest BCUT2D eigenvalue weighted by atomic mass is 10.1. The third-order valence-electron chi connectivity index (χ3n) is 3.59. The number of allylic oxidation sites excluding steroid dienone is 1. The summed E-state index contributed by atoms with van der Waals surface area (Å²) in [7, 11) is 1.67. The largest absolute Gasteiger partial charge is 0.385 e. The van der Waals surface area contributed by atoms with Crippen molar-refractivity contribution in [3.8, 4) is 0 Å². The van der Waals surface area contributed by atoms with Crippen LogP contribution in [0, 0.1) is 5.82 Å². The molecule has 0 saturated carbocycles. The number of hydrogen-bond donors (Lipinski definition) is 2. The molecule has 0 spiro atoms. The molecule has 1 aromatic carbocycles. The summed E-state index contributed by atoms with van der Waals surface area (Å²) in [6.45, 7) is 7.48. The first-order chi connectivity index (χ1) is 12.0. The highest BCUT2D eigenvalue weighted by atomic mass is 35.5. The monoisotopic (exact) mass is 364 g/mol. The number of hydrogen-bond acceptors (Lipinski definition) is 5. The van der Waals surface area contributed by atoms with Gasteiger partial charge in [0.15, 0.2) is 0 Å². The second-order valence-corrected chi connectivity index (χ2v) is 5.85. The van der Waals surface area contributed by atoms with E-state index in [4.69, 9.17) is 16.3 Å². The van der Waals surface area contributed by atoms with Crippen LogP contribution in [0.3, 0.4) is 0 Å². The molecule has 134 valence electrons. The van der Waals surface area contributed by atoms with E-state index in [0.717, 1.165) is 30.5 Å². The average molecular weight is 365 g/mol. The van der Waals surface area contributed by atoms with Gasteiger partial charge in [-0.3, -0.25) is 0 Å². The first kappa shape index (κ1) is 19.1.